The van der Waals surface area contributed by atoms with Crippen molar-refractivity contribution in [3.63, 3.8) is 0 Å². The first-order chi connectivity index (χ1) is 8.42. The molecule has 18 heavy (non-hydrogen) atoms. The van der Waals surface area contributed by atoms with Crippen molar-refractivity contribution in [2.24, 2.45) is 5.92 Å². The highest BCUT2D eigenvalue weighted by Crippen LogP contribution is 2.16. The summed E-state index contributed by atoms with van der Waals surface area (Å²) in [5.74, 6) is -0.181. The summed E-state index contributed by atoms with van der Waals surface area (Å²) in [7, 11) is 1.36. The predicted octanol–water partition coefficient (Wildman–Crippen LogP) is 3.08. The normalized spacial score (nSPS) is 12.0. The van der Waals surface area contributed by atoms with Gasteiger partial charge < -0.3 is 4.74 Å². The Kier molecular flexibility index (Phi) is 5.08. The number of rotatable bonds is 5. The lowest BCUT2D eigenvalue weighted by Crippen LogP contribution is -2.12. The Morgan fingerprint density at radius 2 is 1.67 bits per heavy atom. The average Bonchev–Trinajstić information content (AvgIpc) is 2.27. The molecule has 0 bridgehead atoms. The minimum absolute atomic E-state index is 0.00534. The van der Waals surface area contributed by atoms with Crippen molar-refractivity contribution in [3.8, 4) is 0 Å². The van der Waals surface area contributed by atoms with E-state index in [0.29, 0.717) is 6.42 Å². The zero-order valence-electron chi connectivity index (χ0n) is 11.4. The smallest absolute Gasteiger partial charge is 0.305 e. The first-order valence-corrected chi connectivity index (χ1v) is 6.10. The third-order valence-corrected chi connectivity index (χ3v) is 2.82. The van der Waals surface area contributed by atoms with Gasteiger partial charge in [0, 0.05) is 18.4 Å². The summed E-state index contributed by atoms with van der Waals surface area (Å²) in [6.07, 6.45) is 0.658. The molecule has 0 N–H and O–H groups in total. The Morgan fingerprint density at radius 3 is 2.17 bits per heavy atom. The minimum atomic E-state index is -0.268. The summed E-state index contributed by atoms with van der Waals surface area (Å²) in [5, 5.41) is 0. The van der Waals surface area contributed by atoms with Crippen LogP contribution in [0.1, 0.15) is 41.3 Å². The molecule has 3 nitrogen and oxygen atoms in total. The van der Waals surface area contributed by atoms with E-state index >= 15 is 0 Å². The standard InChI is InChI=1S/C15H20O3/c1-10-5-11(2)7-13(6-10)14(16)8-12(3)9-15(17)18-4/h5-7,12H,8-9H2,1-4H3/t12-/m0/s1. The van der Waals surface area contributed by atoms with Crippen LogP contribution in [0, 0.1) is 19.8 Å². The van der Waals surface area contributed by atoms with Crippen LogP contribution in [0.25, 0.3) is 0 Å². The van der Waals surface area contributed by atoms with Crippen molar-refractivity contribution in [3.05, 3.63) is 34.9 Å². The molecule has 0 radical (unpaired) electrons. The highest BCUT2D eigenvalue weighted by Gasteiger charge is 2.15. The van der Waals surface area contributed by atoms with E-state index < -0.39 is 0 Å². The number of hydrogen-bond acceptors (Lipinski definition) is 3. The van der Waals surface area contributed by atoms with Crippen LogP contribution >= 0.6 is 0 Å². The maximum absolute atomic E-state index is 12.1. The van der Waals surface area contributed by atoms with Crippen LogP contribution < -0.4 is 0 Å². The monoisotopic (exact) mass is 248 g/mol. The van der Waals surface area contributed by atoms with Gasteiger partial charge in [0.05, 0.1) is 7.11 Å². The Labute approximate surface area is 108 Å². The molecule has 1 atom stereocenters. The Balaban J connectivity index is 2.67. The third-order valence-electron chi connectivity index (χ3n) is 2.82. The van der Waals surface area contributed by atoms with Crippen molar-refractivity contribution in [1.82, 2.24) is 0 Å². The molecule has 0 amide bonds. The number of methoxy groups -OCH3 is 1. The van der Waals surface area contributed by atoms with Crippen LogP contribution in [0.15, 0.2) is 18.2 Å². The topological polar surface area (TPSA) is 43.4 Å². The summed E-state index contributed by atoms with van der Waals surface area (Å²) in [6, 6.07) is 5.81. The third kappa shape index (κ3) is 4.32. The van der Waals surface area contributed by atoms with Gasteiger partial charge in [-0.25, -0.2) is 0 Å². The molecule has 0 saturated carbocycles. The largest absolute Gasteiger partial charge is 0.469 e. The molecule has 3 heteroatoms. The number of esters is 1. The summed E-state index contributed by atoms with van der Waals surface area (Å²) in [6.45, 7) is 5.83. The summed E-state index contributed by atoms with van der Waals surface area (Å²) >= 11 is 0. The Hall–Kier alpha value is -1.64. The van der Waals surface area contributed by atoms with Crippen LogP contribution in [0.5, 0.6) is 0 Å². The van der Waals surface area contributed by atoms with Crippen LogP contribution in [-0.2, 0) is 9.53 Å². The SMILES string of the molecule is COC(=O)C[C@@H](C)CC(=O)c1cc(C)cc(C)c1. The molecule has 0 spiro atoms. The second-order valence-corrected chi connectivity index (χ2v) is 4.89. The van der Waals surface area contributed by atoms with E-state index in [0.717, 1.165) is 16.7 Å². The van der Waals surface area contributed by atoms with Crippen LogP contribution in [-0.4, -0.2) is 18.9 Å². The highest BCUT2D eigenvalue weighted by atomic mass is 16.5. The molecule has 0 aromatic heterocycles. The van der Waals surface area contributed by atoms with Crippen LogP contribution in [0.2, 0.25) is 0 Å². The Morgan fingerprint density at radius 1 is 1.11 bits per heavy atom. The van der Waals surface area contributed by atoms with Gasteiger partial charge >= 0.3 is 5.97 Å². The van der Waals surface area contributed by atoms with Gasteiger partial charge in [-0.1, -0.05) is 24.1 Å². The van der Waals surface area contributed by atoms with Gasteiger partial charge in [0.15, 0.2) is 5.78 Å². The van der Waals surface area contributed by atoms with E-state index in [1.165, 1.54) is 7.11 Å². The van der Waals surface area contributed by atoms with E-state index in [1.54, 1.807) is 0 Å². The van der Waals surface area contributed by atoms with Crippen molar-refractivity contribution >= 4 is 11.8 Å². The van der Waals surface area contributed by atoms with Crippen molar-refractivity contribution in [2.75, 3.05) is 7.11 Å². The average molecular weight is 248 g/mol. The maximum atomic E-state index is 12.1. The van der Waals surface area contributed by atoms with Gasteiger partial charge in [-0.3, -0.25) is 9.59 Å². The summed E-state index contributed by atoms with van der Waals surface area (Å²) in [4.78, 5) is 23.2. The predicted molar refractivity (Wildman–Crippen MR) is 70.7 cm³/mol. The van der Waals surface area contributed by atoms with Gasteiger partial charge in [0.1, 0.15) is 0 Å². The molecule has 0 saturated heterocycles. The Bertz CT molecular complexity index is 429. The van der Waals surface area contributed by atoms with Gasteiger partial charge in [-0.15, -0.1) is 0 Å². The van der Waals surface area contributed by atoms with Crippen molar-refractivity contribution < 1.29 is 14.3 Å². The van der Waals surface area contributed by atoms with Gasteiger partial charge in [-0.05, 0) is 31.9 Å². The zero-order valence-corrected chi connectivity index (χ0v) is 11.4. The second kappa shape index (κ2) is 6.34. The lowest BCUT2D eigenvalue weighted by molar-refractivity contribution is -0.141. The van der Waals surface area contributed by atoms with Crippen LogP contribution in [0.3, 0.4) is 0 Å². The molecule has 0 aliphatic carbocycles. The fraction of sp³-hybridized carbons (Fsp3) is 0.467. The molecular formula is C15H20O3. The van der Waals surface area contributed by atoms with E-state index in [1.807, 2.05) is 39.0 Å². The zero-order chi connectivity index (χ0) is 13.7. The van der Waals surface area contributed by atoms with Crippen LogP contribution in [0.4, 0.5) is 0 Å². The number of aryl methyl sites for hydroxylation is 2. The molecule has 0 fully saturated rings. The lowest BCUT2D eigenvalue weighted by atomic mass is 9.95. The molecule has 0 heterocycles. The first kappa shape index (κ1) is 14.4. The summed E-state index contributed by atoms with van der Waals surface area (Å²) in [5.41, 5.74) is 2.89. The molecular weight excluding hydrogens is 228 g/mol. The quantitative estimate of drug-likeness (QED) is 0.594. The van der Waals surface area contributed by atoms with E-state index in [4.69, 9.17) is 0 Å². The van der Waals surface area contributed by atoms with E-state index in [2.05, 4.69) is 4.74 Å². The molecule has 98 valence electrons. The molecule has 0 aliphatic rings. The molecule has 1 rings (SSSR count). The maximum Gasteiger partial charge on any atom is 0.305 e. The number of ketones is 1. The minimum Gasteiger partial charge on any atom is -0.469 e. The van der Waals surface area contributed by atoms with Gasteiger partial charge in [-0.2, -0.15) is 0 Å². The molecule has 0 unspecified atom stereocenters. The first-order valence-electron chi connectivity index (χ1n) is 6.10. The van der Waals surface area contributed by atoms with Gasteiger partial charge in [0.2, 0.25) is 0 Å². The number of carbonyl (C=O) groups is 2. The van der Waals surface area contributed by atoms with E-state index in [-0.39, 0.29) is 24.1 Å². The number of ether oxygens (including phenoxy) is 1. The fourth-order valence-electron chi connectivity index (χ4n) is 2.01. The molecule has 1 aromatic carbocycles. The van der Waals surface area contributed by atoms with Gasteiger partial charge in [0.25, 0.3) is 0 Å². The molecule has 0 aliphatic heterocycles. The lowest BCUT2D eigenvalue weighted by Gasteiger charge is -2.10. The summed E-state index contributed by atoms with van der Waals surface area (Å²) < 4.78 is 4.60. The highest BCUT2D eigenvalue weighted by molar-refractivity contribution is 5.96. The fourth-order valence-corrected chi connectivity index (χ4v) is 2.01. The number of benzene rings is 1. The van der Waals surface area contributed by atoms with Crippen molar-refractivity contribution in [1.29, 1.82) is 0 Å². The number of carbonyl (C=O) groups excluding carboxylic acids is 2. The second-order valence-electron chi connectivity index (χ2n) is 4.89. The van der Waals surface area contributed by atoms with Crippen molar-refractivity contribution in [2.45, 2.75) is 33.6 Å². The number of hydrogen-bond donors (Lipinski definition) is 0. The van der Waals surface area contributed by atoms with E-state index in [9.17, 15) is 9.59 Å². The molecule has 1 aromatic rings. The number of Topliss-reactive ketones (excluding diaryl/α,β-unsaturated/α-hetero) is 1.